The van der Waals surface area contributed by atoms with Crippen LogP contribution < -0.4 is 10.5 Å². The van der Waals surface area contributed by atoms with Crippen molar-refractivity contribution < 1.29 is 9.53 Å². The van der Waals surface area contributed by atoms with E-state index in [1.165, 1.54) is 5.56 Å². The molecule has 1 aliphatic heterocycles. The summed E-state index contributed by atoms with van der Waals surface area (Å²) in [5.74, 6) is 0.876. The Bertz CT molecular complexity index is 462. The first-order valence-electron chi connectivity index (χ1n) is 7.24. The molecular formula is C16H25ClN2O2. The third-order valence-corrected chi connectivity index (χ3v) is 4.21. The predicted molar refractivity (Wildman–Crippen MR) is 86.7 cm³/mol. The molecule has 1 fully saturated rings. The molecule has 0 aliphatic carbocycles. The average molecular weight is 313 g/mol. The Morgan fingerprint density at radius 3 is 2.48 bits per heavy atom. The second-order valence-corrected chi connectivity index (χ2v) is 5.61. The van der Waals surface area contributed by atoms with Crippen LogP contribution in [-0.4, -0.2) is 30.5 Å². The van der Waals surface area contributed by atoms with Gasteiger partial charge < -0.3 is 15.4 Å². The third-order valence-electron chi connectivity index (χ3n) is 4.21. The van der Waals surface area contributed by atoms with Crippen LogP contribution in [0.3, 0.4) is 0 Å². The summed E-state index contributed by atoms with van der Waals surface area (Å²) in [6, 6.07) is 8.06. The van der Waals surface area contributed by atoms with Crippen molar-refractivity contribution in [2.45, 2.75) is 38.8 Å². The van der Waals surface area contributed by atoms with Crippen molar-refractivity contribution in [3.63, 3.8) is 0 Å². The summed E-state index contributed by atoms with van der Waals surface area (Å²) in [6.07, 6.45) is 2.07. The van der Waals surface area contributed by atoms with Crippen molar-refractivity contribution in [3.8, 4) is 5.75 Å². The normalized spacial score (nSPS) is 20.6. The Morgan fingerprint density at radius 1 is 1.33 bits per heavy atom. The number of benzene rings is 1. The van der Waals surface area contributed by atoms with Gasteiger partial charge in [-0.15, -0.1) is 12.4 Å². The zero-order chi connectivity index (χ0) is 14.7. The van der Waals surface area contributed by atoms with Crippen LogP contribution in [0.5, 0.6) is 5.75 Å². The van der Waals surface area contributed by atoms with E-state index in [1.54, 1.807) is 7.11 Å². The van der Waals surface area contributed by atoms with Gasteiger partial charge in [0.2, 0.25) is 5.91 Å². The van der Waals surface area contributed by atoms with E-state index in [4.69, 9.17) is 10.5 Å². The zero-order valence-corrected chi connectivity index (χ0v) is 13.7. The van der Waals surface area contributed by atoms with E-state index in [9.17, 15) is 4.79 Å². The molecule has 1 aliphatic rings. The van der Waals surface area contributed by atoms with Gasteiger partial charge in [0.1, 0.15) is 5.75 Å². The minimum absolute atomic E-state index is 0. The first-order chi connectivity index (χ1) is 9.54. The van der Waals surface area contributed by atoms with Crippen molar-refractivity contribution in [3.05, 3.63) is 29.8 Å². The molecule has 0 saturated carbocycles. The standard InChI is InChI=1S/C16H24N2O2.ClH/c1-11(12(2)17)16(19)18-10-4-5-15(18)13-6-8-14(20-3)9-7-13;/h6-9,11-12,15H,4-5,10,17H2,1-3H3;1H. The molecule has 1 aromatic rings. The van der Waals surface area contributed by atoms with Crippen molar-refractivity contribution >= 4 is 18.3 Å². The van der Waals surface area contributed by atoms with Crippen LogP contribution in [0.25, 0.3) is 0 Å². The molecule has 1 aromatic carbocycles. The lowest BCUT2D eigenvalue weighted by molar-refractivity contribution is -0.136. The van der Waals surface area contributed by atoms with Crippen LogP contribution in [0, 0.1) is 5.92 Å². The molecule has 1 amide bonds. The largest absolute Gasteiger partial charge is 0.497 e. The van der Waals surface area contributed by atoms with E-state index < -0.39 is 0 Å². The van der Waals surface area contributed by atoms with E-state index in [2.05, 4.69) is 0 Å². The number of hydrogen-bond donors (Lipinski definition) is 1. The summed E-state index contributed by atoms with van der Waals surface area (Å²) in [5.41, 5.74) is 7.04. The monoisotopic (exact) mass is 312 g/mol. The van der Waals surface area contributed by atoms with E-state index in [1.807, 2.05) is 43.0 Å². The Kier molecular flexibility index (Phi) is 6.49. The number of likely N-dealkylation sites (tertiary alicyclic amines) is 1. The Hall–Kier alpha value is -1.26. The van der Waals surface area contributed by atoms with Crippen LogP contribution in [0.1, 0.15) is 38.3 Å². The minimum atomic E-state index is -0.131. The Labute approximate surface area is 133 Å². The highest BCUT2D eigenvalue weighted by molar-refractivity contribution is 5.85. The molecule has 1 heterocycles. The van der Waals surface area contributed by atoms with Gasteiger partial charge in [-0.1, -0.05) is 19.1 Å². The Morgan fingerprint density at radius 2 is 1.95 bits per heavy atom. The molecule has 0 bridgehead atoms. The fourth-order valence-corrected chi connectivity index (χ4v) is 2.69. The molecule has 2 N–H and O–H groups in total. The van der Waals surface area contributed by atoms with Crippen LogP contribution in [0.4, 0.5) is 0 Å². The number of nitrogens with two attached hydrogens (primary N) is 1. The lowest BCUT2D eigenvalue weighted by atomic mass is 10.00. The summed E-state index contributed by atoms with van der Waals surface area (Å²) in [6.45, 7) is 4.63. The molecule has 118 valence electrons. The predicted octanol–water partition coefficient (Wildman–Crippen LogP) is 2.76. The molecule has 21 heavy (non-hydrogen) atoms. The molecule has 3 unspecified atom stereocenters. The van der Waals surface area contributed by atoms with Gasteiger partial charge in [-0.25, -0.2) is 0 Å². The summed E-state index contributed by atoms with van der Waals surface area (Å²) in [5, 5.41) is 0. The lowest BCUT2D eigenvalue weighted by Crippen LogP contribution is -2.41. The summed E-state index contributed by atoms with van der Waals surface area (Å²) in [4.78, 5) is 14.5. The topological polar surface area (TPSA) is 55.6 Å². The van der Waals surface area contributed by atoms with Crippen molar-refractivity contribution in [2.75, 3.05) is 13.7 Å². The number of methoxy groups -OCH3 is 1. The van der Waals surface area contributed by atoms with Gasteiger partial charge >= 0.3 is 0 Å². The average Bonchev–Trinajstić information content (AvgIpc) is 2.95. The SMILES string of the molecule is COc1ccc(C2CCCN2C(=O)C(C)C(C)N)cc1.Cl. The minimum Gasteiger partial charge on any atom is -0.497 e. The van der Waals surface area contributed by atoms with Crippen LogP contribution in [0.2, 0.25) is 0 Å². The van der Waals surface area contributed by atoms with Crippen molar-refractivity contribution in [1.82, 2.24) is 4.90 Å². The van der Waals surface area contributed by atoms with Crippen LogP contribution >= 0.6 is 12.4 Å². The van der Waals surface area contributed by atoms with Gasteiger partial charge in [-0.05, 0) is 37.5 Å². The number of carbonyl (C=O) groups is 1. The molecular weight excluding hydrogens is 288 g/mol. The van der Waals surface area contributed by atoms with E-state index >= 15 is 0 Å². The van der Waals surface area contributed by atoms with Gasteiger partial charge in [-0.3, -0.25) is 4.79 Å². The lowest BCUT2D eigenvalue weighted by Gasteiger charge is -2.29. The summed E-state index contributed by atoms with van der Waals surface area (Å²) < 4.78 is 5.18. The number of rotatable bonds is 4. The summed E-state index contributed by atoms with van der Waals surface area (Å²) >= 11 is 0. The molecule has 2 rings (SSSR count). The van der Waals surface area contributed by atoms with Gasteiger partial charge in [0.15, 0.2) is 0 Å². The number of halogens is 1. The smallest absolute Gasteiger partial charge is 0.227 e. The number of amides is 1. The highest BCUT2D eigenvalue weighted by atomic mass is 35.5. The maximum Gasteiger partial charge on any atom is 0.227 e. The highest BCUT2D eigenvalue weighted by Gasteiger charge is 2.33. The van der Waals surface area contributed by atoms with Crippen molar-refractivity contribution in [2.24, 2.45) is 11.7 Å². The fraction of sp³-hybridized carbons (Fsp3) is 0.562. The maximum atomic E-state index is 12.5. The number of hydrogen-bond acceptors (Lipinski definition) is 3. The maximum absolute atomic E-state index is 12.5. The molecule has 1 saturated heterocycles. The number of ether oxygens (including phenoxy) is 1. The van der Waals surface area contributed by atoms with E-state index in [-0.39, 0.29) is 36.3 Å². The first-order valence-corrected chi connectivity index (χ1v) is 7.24. The van der Waals surface area contributed by atoms with Gasteiger partial charge in [0.25, 0.3) is 0 Å². The second kappa shape index (κ2) is 7.66. The highest BCUT2D eigenvalue weighted by Crippen LogP contribution is 2.34. The van der Waals surface area contributed by atoms with Gasteiger partial charge in [0, 0.05) is 12.6 Å². The first kappa shape index (κ1) is 17.8. The second-order valence-electron chi connectivity index (χ2n) is 5.61. The molecule has 5 heteroatoms. The van der Waals surface area contributed by atoms with Crippen LogP contribution in [0.15, 0.2) is 24.3 Å². The van der Waals surface area contributed by atoms with Gasteiger partial charge in [0.05, 0.1) is 19.1 Å². The third kappa shape index (κ3) is 3.89. The molecule has 0 radical (unpaired) electrons. The molecule has 0 spiro atoms. The fourth-order valence-electron chi connectivity index (χ4n) is 2.69. The van der Waals surface area contributed by atoms with E-state index in [0.29, 0.717) is 0 Å². The summed E-state index contributed by atoms with van der Waals surface area (Å²) in [7, 11) is 1.66. The van der Waals surface area contributed by atoms with Gasteiger partial charge in [-0.2, -0.15) is 0 Å². The number of nitrogens with zero attached hydrogens (tertiary/aromatic N) is 1. The molecule has 3 atom stereocenters. The zero-order valence-electron chi connectivity index (χ0n) is 12.9. The Balaban J connectivity index is 0.00000220. The van der Waals surface area contributed by atoms with E-state index in [0.717, 1.165) is 25.1 Å². The number of carbonyl (C=O) groups excluding carboxylic acids is 1. The quantitative estimate of drug-likeness (QED) is 0.930. The molecule has 4 nitrogen and oxygen atoms in total. The molecule has 0 aromatic heterocycles. The van der Waals surface area contributed by atoms with Crippen LogP contribution in [-0.2, 0) is 4.79 Å². The van der Waals surface area contributed by atoms with Crippen molar-refractivity contribution in [1.29, 1.82) is 0 Å².